The van der Waals surface area contributed by atoms with Crippen molar-refractivity contribution in [2.75, 3.05) is 0 Å². The molecule has 1 aromatic heterocycles. The van der Waals surface area contributed by atoms with Crippen molar-refractivity contribution in [1.82, 2.24) is 0 Å². The van der Waals surface area contributed by atoms with Crippen molar-refractivity contribution >= 4 is 27.4 Å². The Labute approximate surface area is 127 Å². The summed E-state index contributed by atoms with van der Waals surface area (Å²) >= 11 is 1.14. The van der Waals surface area contributed by atoms with E-state index in [2.05, 4.69) is 0 Å². The molecule has 3 aromatic rings. The number of carboxylic acid groups (broad SMARTS) is 1. The lowest BCUT2D eigenvalue weighted by molar-refractivity contribution is -0.137. The second-order valence-corrected chi connectivity index (χ2v) is 5.79. The fourth-order valence-electron chi connectivity index (χ4n) is 2.26. The maximum atomic E-state index is 12.6. The zero-order chi connectivity index (χ0) is 15.9. The first kappa shape index (κ1) is 14.6. The van der Waals surface area contributed by atoms with Crippen LogP contribution in [0.5, 0.6) is 0 Å². The minimum absolute atomic E-state index is 0.203. The van der Waals surface area contributed by atoms with Gasteiger partial charge in [-0.25, -0.2) is 4.79 Å². The van der Waals surface area contributed by atoms with Gasteiger partial charge in [0.25, 0.3) is 0 Å². The zero-order valence-electron chi connectivity index (χ0n) is 11.0. The van der Waals surface area contributed by atoms with Crippen LogP contribution in [0.1, 0.15) is 15.2 Å². The summed E-state index contributed by atoms with van der Waals surface area (Å²) in [5, 5.41) is 9.79. The van der Waals surface area contributed by atoms with E-state index in [1.165, 1.54) is 12.1 Å². The van der Waals surface area contributed by atoms with Crippen molar-refractivity contribution < 1.29 is 23.1 Å². The molecule has 0 saturated carbocycles. The summed E-state index contributed by atoms with van der Waals surface area (Å²) < 4.78 is 38.6. The maximum absolute atomic E-state index is 12.6. The smallest absolute Gasteiger partial charge is 0.416 e. The fraction of sp³-hybridized carbons (Fsp3) is 0.0625. The first-order valence-corrected chi connectivity index (χ1v) is 7.11. The Bertz CT molecular complexity index is 848. The predicted octanol–water partition coefficient (Wildman–Crippen LogP) is 5.29. The number of benzene rings is 2. The van der Waals surface area contributed by atoms with Gasteiger partial charge in [-0.3, -0.25) is 0 Å². The molecule has 0 amide bonds. The first-order chi connectivity index (χ1) is 10.4. The highest BCUT2D eigenvalue weighted by atomic mass is 32.1. The lowest BCUT2D eigenvalue weighted by atomic mass is 10.0. The van der Waals surface area contributed by atoms with E-state index < -0.39 is 17.7 Å². The number of rotatable bonds is 2. The van der Waals surface area contributed by atoms with Crippen LogP contribution in [0.25, 0.3) is 21.2 Å². The van der Waals surface area contributed by atoms with Gasteiger partial charge in [0, 0.05) is 10.1 Å². The van der Waals surface area contributed by atoms with Gasteiger partial charge in [0.1, 0.15) is 4.88 Å². The van der Waals surface area contributed by atoms with E-state index in [-0.39, 0.29) is 4.88 Å². The average Bonchev–Trinajstić information content (AvgIpc) is 2.90. The van der Waals surface area contributed by atoms with Crippen LogP contribution in [0.15, 0.2) is 48.5 Å². The molecule has 1 N–H and O–H groups in total. The number of aromatic carboxylic acids is 1. The Morgan fingerprint density at radius 1 is 1.05 bits per heavy atom. The maximum Gasteiger partial charge on any atom is 0.416 e. The molecule has 3 rings (SSSR count). The van der Waals surface area contributed by atoms with Gasteiger partial charge in [0.2, 0.25) is 0 Å². The molecule has 0 unspecified atom stereocenters. The van der Waals surface area contributed by atoms with Gasteiger partial charge in [-0.05, 0) is 35.4 Å². The Hall–Kier alpha value is -2.34. The third-order valence-corrected chi connectivity index (χ3v) is 4.38. The summed E-state index contributed by atoms with van der Waals surface area (Å²) in [5.74, 6) is -1.01. The first-order valence-electron chi connectivity index (χ1n) is 6.30. The normalized spacial score (nSPS) is 11.8. The Kier molecular flexibility index (Phi) is 3.41. The van der Waals surface area contributed by atoms with Crippen LogP contribution in [0.3, 0.4) is 0 Å². The molecule has 2 aromatic carbocycles. The summed E-state index contributed by atoms with van der Waals surface area (Å²) in [5.41, 5.74) is 0.628. The highest BCUT2D eigenvalue weighted by Gasteiger charge is 2.30. The summed E-state index contributed by atoms with van der Waals surface area (Å²) in [4.78, 5) is 11.3. The van der Waals surface area contributed by atoms with Gasteiger partial charge < -0.3 is 5.11 Å². The van der Waals surface area contributed by atoms with Crippen LogP contribution in [0.4, 0.5) is 13.2 Å². The Morgan fingerprint density at radius 2 is 1.73 bits per heavy atom. The third kappa shape index (κ3) is 2.57. The van der Waals surface area contributed by atoms with Crippen LogP contribution >= 0.6 is 11.3 Å². The number of fused-ring (bicyclic) bond motifs is 1. The van der Waals surface area contributed by atoms with Crippen molar-refractivity contribution in [3.63, 3.8) is 0 Å². The topological polar surface area (TPSA) is 37.3 Å². The molecule has 0 bridgehead atoms. The summed E-state index contributed by atoms with van der Waals surface area (Å²) in [6, 6.07) is 11.7. The lowest BCUT2D eigenvalue weighted by Gasteiger charge is -2.08. The molecule has 22 heavy (non-hydrogen) atoms. The summed E-state index contributed by atoms with van der Waals surface area (Å²) in [6.07, 6.45) is -4.37. The molecular formula is C16H9F3O2S. The Balaban J connectivity index is 2.12. The van der Waals surface area contributed by atoms with Gasteiger partial charge in [-0.1, -0.05) is 24.3 Å². The quantitative estimate of drug-likeness (QED) is 0.696. The summed E-state index contributed by atoms with van der Waals surface area (Å²) in [6.45, 7) is 0. The highest BCUT2D eigenvalue weighted by Crippen LogP contribution is 2.36. The molecule has 0 aliphatic carbocycles. The average molecular weight is 322 g/mol. The molecule has 6 heteroatoms. The lowest BCUT2D eigenvalue weighted by Crippen LogP contribution is -2.03. The van der Waals surface area contributed by atoms with E-state index in [0.29, 0.717) is 5.56 Å². The van der Waals surface area contributed by atoms with Crippen molar-refractivity contribution in [1.29, 1.82) is 0 Å². The molecule has 2 nitrogen and oxygen atoms in total. The molecule has 112 valence electrons. The van der Waals surface area contributed by atoms with Gasteiger partial charge in [-0.15, -0.1) is 11.3 Å². The van der Waals surface area contributed by atoms with Crippen LogP contribution in [0, 0.1) is 0 Å². The summed E-state index contributed by atoms with van der Waals surface area (Å²) in [7, 11) is 0. The number of thiophene rings is 1. The number of hydrogen-bond acceptors (Lipinski definition) is 2. The molecule has 0 spiro atoms. The molecule has 0 aliphatic rings. The molecule has 0 saturated heterocycles. The van der Waals surface area contributed by atoms with E-state index in [1.807, 2.05) is 0 Å². The molecular weight excluding hydrogens is 313 g/mol. The van der Waals surface area contributed by atoms with Crippen molar-refractivity contribution in [2.24, 2.45) is 0 Å². The standard InChI is InChI=1S/C16H9F3O2S/c17-16(18,19)10-6-4-9(5-7-10)11-2-1-3-13-12(11)8-14(22-13)15(20)21/h1-8H,(H,20,21). The van der Waals surface area contributed by atoms with Gasteiger partial charge in [0.15, 0.2) is 0 Å². The van der Waals surface area contributed by atoms with Crippen LogP contribution < -0.4 is 0 Å². The number of halogens is 3. The second-order valence-electron chi connectivity index (χ2n) is 4.71. The molecule has 0 radical (unpaired) electrons. The minimum atomic E-state index is -4.37. The molecule has 0 fully saturated rings. The van der Waals surface area contributed by atoms with E-state index in [9.17, 15) is 18.0 Å². The molecule has 0 aliphatic heterocycles. The van der Waals surface area contributed by atoms with Crippen molar-refractivity contribution in [2.45, 2.75) is 6.18 Å². The largest absolute Gasteiger partial charge is 0.477 e. The van der Waals surface area contributed by atoms with E-state index >= 15 is 0 Å². The van der Waals surface area contributed by atoms with Crippen LogP contribution in [0.2, 0.25) is 0 Å². The monoisotopic (exact) mass is 322 g/mol. The van der Waals surface area contributed by atoms with Crippen molar-refractivity contribution in [3.05, 3.63) is 59.0 Å². The number of alkyl halides is 3. The molecule has 1 heterocycles. The van der Waals surface area contributed by atoms with Crippen LogP contribution in [-0.2, 0) is 6.18 Å². The van der Waals surface area contributed by atoms with Gasteiger partial charge in [0.05, 0.1) is 5.56 Å². The fourth-order valence-corrected chi connectivity index (χ4v) is 3.18. The van der Waals surface area contributed by atoms with Crippen molar-refractivity contribution in [3.8, 4) is 11.1 Å². The highest BCUT2D eigenvalue weighted by molar-refractivity contribution is 7.20. The number of carboxylic acids is 1. The van der Waals surface area contributed by atoms with Gasteiger partial charge >= 0.3 is 12.1 Å². The minimum Gasteiger partial charge on any atom is -0.477 e. The zero-order valence-corrected chi connectivity index (χ0v) is 11.8. The SMILES string of the molecule is O=C(O)c1cc2c(-c3ccc(C(F)(F)F)cc3)cccc2s1. The van der Waals surface area contributed by atoms with Crippen LogP contribution in [-0.4, -0.2) is 11.1 Å². The second kappa shape index (κ2) is 5.14. The number of carbonyl (C=O) groups is 1. The third-order valence-electron chi connectivity index (χ3n) is 3.30. The van der Waals surface area contributed by atoms with Gasteiger partial charge in [-0.2, -0.15) is 13.2 Å². The Morgan fingerprint density at radius 3 is 2.32 bits per heavy atom. The molecule has 0 atom stereocenters. The van der Waals surface area contributed by atoms with E-state index in [0.717, 1.165) is 39.1 Å². The van der Waals surface area contributed by atoms with E-state index in [1.54, 1.807) is 24.3 Å². The number of hydrogen-bond donors (Lipinski definition) is 1. The predicted molar refractivity (Wildman–Crippen MR) is 79.2 cm³/mol. The van der Waals surface area contributed by atoms with E-state index in [4.69, 9.17) is 5.11 Å².